The van der Waals surface area contributed by atoms with Gasteiger partial charge < -0.3 is 10.2 Å². The van der Waals surface area contributed by atoms with Gasteiger partial charge in [0.05, 0.1) is 0 Å². The van der Waals surface area contributed by atoms with Crippen LogP contribution >= 0.6 is 0 Å². The molecular formula is C13H27N3. The normalized spacial score (nSPS) is 26.6. The van der Waals surface area contributed by atoms with E-state index < -0.39 is 0 Å². The van der Waals surface area contributed by atoms with E-state index in [0.717, 1.165) is 0 Å². The molecule has 0 atom stereocenters. The largest absolute Gasteiger partial charge is 0.310 e. The average Bonchev–Trinajstić information content (AvgIpc) is 2.25. The molecule has 0 unspecified atom stereocenters. The number of hydrogen-bond acceptors (Lipinski definition) is 3. The van der Waals surface area contributed by atoms with E-state index >= 15 is 0 Å². The summed E-state index contributed by atoms with van der Waals surface area (Å²) in [5, 5.41) is 3.79. The van der Waals surface area contributed by atoms with Crippen LogP contribution in [0.1, 0.15) is 32.6 Å². The van der Waals surface area contributed by atoms with Crippen molar-refractivity contribution in [1.29, 1.82) is 0 Å². The molecule has 2 aliphatic rings. The van der Waals surface area contributed by atoms with Crippen LogP contribution in [-0.4, -0.2) is 61.7 Å². The summed E-state index contributed by atoms with van der Waals surface area (Å²) in [5.41, 5.74) is 0.520. The first-order chi connectivity index (χ1) is 7.74. The van der Waals surface area contributed by atoms with E-state index in [1.165, 1.54) is 65.0 Å². The van der Waals surface area contributed by atoms with E-state index in [4.69, 9.17) is 0 Å². The maximum Gasteiger partial charge on any atom is 0.0179 e. The van der Waals surface area contributed by atoms with Gasteiger partial charge in [-0.25, -0.2) is 0 Å². The van der Waals surface area contributed by atoms with E-state index in [9.17, 15) is 0 Å². The maximum absolute atomic E-state index is 3.79. The Morgan fingerprint density at radius 1 is 1.12 bits per heavy atom. The molecule has 3 heteroatoms. The molecule has 1 saturated carbocycles. The third-order valence-corrected chi connectivity index (χ3v) is 4.51. The van der Waals surface area contributed by atoms with Crippen molar-refractivity contribution in [2.45, 2.75) is 38.1 Å². The predicted octanol–water partition coefficient (Wildman–Crippen LogP) is 1.16. The van der Waals surface area contributed by atoms with E-state index in [1.54, 1.807) is 0 Å². The van der Waals surface area contributed by atoms with Gasteiger partial charge in [0, 0.05) is 44.8 Å². The summed E-state index contributed by atoms with van der Waals surface area (Å²) in [4.78, 5) is 5.01. The van der Waals surface area contributed by atoms with E-state index in [2.05, 4.69) is 29.1 Å². The lowest BCUT2D eigenvalue weighted by molar-refractivity contribution is 0.134. The van der Waals surface area contributed by atoms with Crippen molar-refractivity contribution in [1.82, 2.24) is 15.1 Å². The Kier molecular flexibility index (Phi) is 4.22. The zero-order valence-corrected chi connectivity index (χ0v) is 11.0. The summed E-state index contributed by atoms with van der Waals surface area (Å²) < 4.78 is 0. The minimum atomic E-state index is 0.520. The first kappa shape index (κ1) is 12.3. The van der Waals surface area contributed by atoms with Crippen molar-refractivity contribution < 1.29 is 0 Å². The van der Waals surface area contributed by atoms with Crippen LogP contribution in [0.2, 0.25) is 0 Å². The number of nitrogens with zero attached hydrogens (tertiary/aromatic N) is 2. The summed E-state index contributed by atoms with van der Waals surface area (Å²) >= 11 is 0. The van der Waals surface area contributed by atoms with Gasteiger partial charge in [0.1, 0.15) is 0 Å². The second kappa shape index (κ2) is 5.48. The molecule has 0 radical (unpaired) electrons. The molecule has 16 heavy (non-hydrogen) atoms. The Balaban J connectivity index is 1.61. The Bertz CT molecular complexity index is 200. The fraction of sp³-hybridized carbons (Fsp3) is 1.00. The third kappa shape index (κ3) is 2.96. The average molecular weight is 225 g/mol. The van der Waals surface area contributed by atoms with Crippen molar-refractivity contribution in [2.75, 3.05) is 46.3 Å². The Morgan fingerprint density at radius 3 is 2.31 bits per heavy atom. The fourth-order valence-corrected chi connectivity index (χ4v) is 2.81. The maximum atomic E-state index is 3.79. The highest BCUT2D eigenvalue weighted by atomic mass is 15.2. The molecule has 2 rings (SSSR count). The van der Waals surface area contributed by atoms with E-state index in [1.807, 2.05) is 0 Å². The predicted molar refractivity (Wildman–Crippen MR) is 68.8 cm³/mol. The van der Waals surface area contributed by atoms with Crippen LogP contribution in [-0.2, 0) is 0 Å². The topological polar surface area (TPSA) is 18.5 Å². The van der Waals surface area contributed by atoms with E-state index in [-0.39, 0.29) is 0 Å². The molecule has 1 aliphatic carbocycles. The number of likely N-dealkylation sites (N-methyl/N-ethyl adjacent to an activating group) is 1. The van der Waals surface area contributed by atoms with Gasteiger partial charge in [-0.1, -0.05) is 6.92 Å². The summed E-state index contributed by atoms with van der Waals surface area (Å²) in [7, 11) is 2.22. The highest BCUT2D eigenvalue weighted by Crippen LogP contribution is 2.34. The van der Waals surface area contributed by atoms with E-state index in [0.29, 0.717) is 5.54 Å². The Morgan fingerprint density at radius 2 is 1.81 bits per heavy atom. The van der Waals surface area contributed by atoms with Crippen molar-refractivity contribution in [3.8, 4) is 0 Å². The van der Waals surface area contributed by atoms with Crippen molar-refractivity contribution in [3.63, 3.8) is 0 Å². The number of piperazine rings is 1. The molecule has 0 amide bonds. The van der Waals surface area contributed by atoms with Crippen LogP contribution in [0.25, 0.3) is 0 Å². The lowest BCUT2D eigenvalue weighted by Crippen LogP contribution is -2.53. The quantitative estimate of drug-likeness (QED) is 0.757. The van der Waals surface area contributed by atoms with Crippen LogP contribution in [0.3, 0.4) is 0 Å². The molecule has 2 fully saturated rings. The molecule has 1 saturated heterocycles. The standard InChI is InChI=1S/C13H27N3/c1-3-13(5-4-6-13)14-7-8-16-11-9-15(2)10-12-16/h14H,3-12H2,1-2H3. The van der Waals surface area contributed by atoms with Crippen LogP contribution < -0.4 is 5.32 Å². The summed E-state index contributed by atoms with van der Waals surface area (Å²) in [6, 6.07) is 0. The zero-order chi connectivity index (χ0) is 11.4. The first-order valence-corrected chi connectivity index (χ1v) is 6.90. The summed E-state index contributed by atoms with van der Waals surface area (Å²) in [6.07, 6.45) is 5.52. The molecule has 1 N–H and O–H groups in total. The fourth-order valence-electron chi connectivity index (χ4n) is 2.81. The molecule has 1 aliphatic heterocycles. The molecule has 0 spiro atoms. The number of hydrogen-bond donors (Lipinski definition) is 1. The van der Waals surface area contributed by atoms with Gasteiger partial charge in [0.15, 0.2) is 0 Å². The van der Waals surface area contributed by atoms with Crippen molar-refractivity contribution >= 4 is 0 Å². The van der Waals surface area contributed by atoms with Gasteiger partial charge >= 0.3 is 0 Å². The summed E-state index contributed by atoms with van der Waals surface area (Å²) in [6.45, 7) is 9.70. The molecule has 94 valence electrons. The second-order valence-electron chi connectivity index (χ2n) is 5.56. The molecular weight excluding hydrogens is 198 g/mol. The number of rotatable bonds is 5. The zero-order valence-electron chi connectivity index (χ0n) is 11.0. The highest BCUT2D eigenvalue weighted by molar-refractivity contribution is 4.94. The van der Waals surface area contributed by atoms with Crippen LogP contribution in [0.15, 0.2) is 0 Å². The van der Waals surface area contributed by atoms with Crippen molar-refractivity contribution in [3.05, 3.63) is 0 Å². The summed E-state index contributed by atoms with van der Waals surface area (Å²) in [5.74, 6) is 0. The Hall–Kier alpha value is -0.120. The molecule has 0 aromatic heterocycles. The minimum Gasteiger partial charge on any atom is -0.310 e. The van der Waals surface area contributed by atoms with Gasteiger partial charge in [0.2, 0.25) is 0 Å². The van der Waals surface area contributed by atoms with Gasteiger partial charge in [-0.3, -0.25) is 4.90 Å². The molecule has 3 nitrogen and oxygen atoms in total. The smallest absolute Gasteiger partial charge is 0.0179 e. The molecule has 0 bridgehead atoms. The number of nitrogens with one attached hydrogen (secondary N) is 1. The second-order valence-corrected chi connectivity index (χ2v) is 5.56. The first-order valence-electron chi connectivity index (χ1n) is 6.90. The lowest BCUT2D eigenvalue weighted by atomic mass is 9.75. The van der Waals surface area contributed by atoms with Crippen LogP contribution in [0, 0.1) is 0 Å². The lowest BCUT2D eigenvalue weighted by Gasteiger charge is -2.43. The monoisotopic (exact) mass is 225 g/mol. The molecule has 0 aromatic rings. The third-order valence-electron chi connectivity index (χ3n) is 4.51. The van der Waals surface area contributed by atoms with Gasteiger partial charge in [-0.15, -0.1) is 0 Å². The highest BCUT2D eigenvalue weighted by Gasteiger charge is 2.34. The molecule has 1 heterocycles. The Labute approximate surface area is 100 Å². The minimum absolute atomic E-state index is 0.520. The van der Waals surface area contributed by atoms with Crippen LogP contribution in [0.4, 0.5) is 0 Å². The van der Waals surface area contributed by atoms with Gasteiger partial charge in [0.25, 0.3) is 0 Å². The van der Waals surface area contributed by atoms with Gasteiger partial charge in [-0.2, -0.15) is 0 Å². The molecule has 0 aromatic carbocycles. The van der Waals surface area contributed by atoms with Crippen molar-refractivity contribution in [2.24, 2.45) is 0 Å². The van der Waals surface area contributed by atoms with Crippen LogP contribution in [0.5, 0.6) is 0 Å². The van der Waals surface area contributed by atoms with Gasteiger partial charge in [-0.05, 0) is 32.7 Å². The SMILES string of the molecule is CCC1(NCCN2CCN(C)CC2)CCC1.